The lowest BCUT2D eigenvalue weighted by Gasteiger charge is -2.22. The first-order valence-electron chi connectivity index (χ1n) is 8.34. The minimum atomic E-state index is -3.71. The third-order valence-corrected chi connectivity index (χ3v) is 5.60. The van der Waals surface area contributed by atoms with E-state index in [1.54, 1.807) is 24.3 Å². The maximum absolute atomic E-state index is 12.4. The van der Waals surface area contributed by atoms with Gasteiger partial charge < -0.3 is 10.1 Å². The SMILES string of the molecule is COc1ccc(S(=O)(=O)Nc2ccc(NC3CCCCC3)nn2)cc1. The molecule has 25 heavy (non-hydrogen) atoms. The molecule has 3 rings (SSSR count). The molecular weight excluding hydrogens is 340 g/mol. The van der Waals surface area contributed by atoms with E-state index < -0.39 is 10.0 Å². The summed E-state index contributed by atoms with van der Waals surface area (Å²) in [5.41, 5.74) is 0. The van der Waals surface area contributed by atoms with Gasteiger partial charge in [0, 0.05) is 6.04 Å². The second-order valence-corrected chi connectivity index (χ2v) is 7.75. The first-order valence-corrected chi connectivity index (χ1v) is 9.82. The highest BCUT2D eigenvalue weighted by atomic mass is 32.2. The van der Waals surface area contributed by atoms with Crippen molar-refractivity contribution in [1.82, 2.24) is 10.2 Å². The number of ether oxygens (including phenoxy) is 1. The van der Waals surface area contributed by atoms with Crippen LogP contribution in [0.25, 0.3) is 0 Å². The fourth-order valence-electron chi connectivity index (χ4n) is 2.87. The summed E-state index contributed by atoms with van der Waals surface area (Å²) in [5, 5.41) is 11.4. The van der Waals surface area contributed by atoms with Crippen LogP contribution in [-0.2, 0) is 10.0 Å². The Bertz CT molecular complexity index is 786. The molecule has 1 aromatic carbocycles. The minimum absolute atomic E-state index is 0.138. The molecule has 0 bridgehead atoms. The average Bonchev–Trinajstić information content (AvgIpc) is 2.64. The van der Waals surface area contributed by atoms with Crippen molar-refractivity contribution in [3.8, 4) is 5.75 Å². The van der Waals surface area contributed by atoms with Crippen molar-refractivity contribution < 1.29 is 13.2 Å². The fraction of sp³-hybridized carbons (Fsp3) is 0.412. The van der Waals surface area contributed by atoms with Crippen LogP contribution in [0.2, 0.25) is 0 Å². The van der Waals surface area contributed by atoms with Gasteiger partial charge in [0.05, 0.1) is 12.0 Å². The third kappa shape index (κ3) is 4.60. The number of benzene rings is 1. The van der Waals surface area contributed by atoms with Gasteiger partial charge in [-0.3, -0.25) is 4.72 Å². The number of nitrogens with one attached hydrogen (secondary N) is 2. The average molecular weight is 362 g/mol. The van der Waals surface area contributed by atoms with Crippen LogP contribution in [0.5, 0.6) is 5.75 Å². The van der Waals surface area contributed by atoms with E-state index in [9.17, 15) is 8.42 Å². The highest BCUT2D eigenvalue weighted by molar-refractivity contribution is 7.92. The molecule has 7 nitrogen and oxygen atoms in total. The van der Waals surface area contributed by atoms with Crippen LogP contribution >= 0.6 is 0 Å². The van der Waals surface area contributed by atoms with Crippen LogP contribution in [0.3, 0.4) is 0 Å². The molecule has 2 aromatic rings. The molecule has 0 atom stereocenters. The van der Waals surface area contributed by atoms with Crippen LogP contribution in [-0.4, -0.2) is 31.8 Å². The second kappa shape index (κ2) is 7.69. The summed E-state index contributed by atoms with van der Waals surface area (Å²) in [7, 11) is -2.18. The predicted molar refractivity (Wildman–Crippen MR) is 96.3 cm³/mol. The Kier molecular flexibility index (Phi) is 5.37. The van der Waals surface area contributed by atoms with Gasteiger partial charge in [0.15, 0.2) is 5.82 Å². The zero-order valence-corrected chi connectivity index (χ0v) is 14.9. The Morgan fingerprint density at radius 3 is 2.20 bits per heavy atom. The number of sulfonamides is 1. The lowest BCUT2D eigenvalue weighted by Crippen LogP contribution is -2.23. The summed E-state index contributed by atoms with van der Waals surface area (Å²) in [6, 6.07) is 9.92. The summed E-state index contributed by atoms with van der Waals surface area (Å²) >= 11 is 0. The van der Waals surface area contributed by atoms with Gasteiger partial charge in [-0.25, -0.2) is 8.42 Å². The van der Waals surface area contributed by atoms with Crippen molar-refractivity contribution in [2.45, 2.75) is 43.0 Å². The molecule has 1 aromatic heterocycles. The van der Waals surface area contributed by atoms with Gasteiger partial charge >= 0.3 is 0 Å². The molecule has 1 aliphatic carbocycles. The summed E-state index contributed by atoms with van der Waals surface area (Å²) in [6.45, 7) is 0. The van der Waals surface area contributed by atoms with Crippen LogP contribution in [0.4, 0.5) is 11.6 Å². The monoisotopic (exact) mass is 362 g/mol. The molecule has 0 spiro atoms. The molecule has 0 amide bonds. The molecule has 1 fully saturated rings. The van der Waals surface area contributed by atoms with Crippen molar-refractivity contribution in [1.29, 1.82) is 0 Å². The summed E-state index contributed by atoms with van der Waals surface area (Å²) in [4.78, 5) is 0.138. The van der Waals surface area contributed by atoms with Gasteiger partial charge in [-0.2, -0.15) is 0 Å². The first-order chi connectivity index (χ1) is 12.1. The largest absolute Gasteiger partial charge is 0.497 e. The van der Waals surface area contributed by atoms with Gasteiger partial charge in [0.2, 0.25) is 0 Å². The molecule has 0 saturated heterocycles. The number of hydrogen-bond donors (Lipinski definition) is 2. The smallest absolute Gasteiger partial charge is 0.263 e. The number of anilines is 2. The van der Waals surface area contributed by atoms with Gasteiger partial charge in [0.1, 0.15) is 11.6 Å². The number of aromatic nitrogens is 2. The number of methoxy groups -OCH3 is 1. The Morgan fingerprint density at radius 1 is 0.960 bits per heavy atom. The van der Waals surface area contributed by atoms with Crippen molar-refractivity contribution >= 4 is 21.7 Å². The van der Waals surface area contributed by atoms with E-state index in [2.05, 4.69) is 20.2 Å². The zero-order chi connectivity index (χ0) is 17.7. The first kappa shape index (κ1) is 17.5. The summed E-state index contributed by atoms with van der Waals surface area (Å²) in [6.07, 6.45) is 6.01. The van der Waals surface area contributed by atoms with E-state index in [1.807, 2.05) is 0 Å². The van der Waals surface area contributed by atoms with E-state index >= 15 is 0 Å². The highest BCUT2D eigenvalue weighted by Crippen LogP contribution is 2.21. The Hall–Kier alpha value is -2.35. The van der Waals surface area contributed by atoms with Crippen molar-refractivity contribution in [3.63, 3.8) is 0 Å². The molecule has 8 heteroatoms. The van der Waals surface area contributed by atoms with Crippen LogP contribution < -0.4 is 14.8 Å². The molecule has 0 unspecified atom stereocenters. The van der Waals surface area contributed by atoms with E-state index in [4.69, 9.17) is 4.74 Å². The zero-order valence-electron chi connectivity index (χ0n) is 14.1. The van der Waals surface area contributed by atoms with Gasteiger partial charge in [-0.05, 0) is 49.2 Å². The Balaban J connectivity index is 1.65. The van der Waals surface area contributed by atoms with Gasteiger partial charge in [-0.1, -0.05) is 19.3 Å². The maximum atomic E-state index is 12.4. The second-order valence-electron chi connectivity index (χ2n) is 6.06. The van der Waals surface area contributed by atoms with Crippen LogP contribution in [0, 0.1) is 0 Å². The summed E-state index contributed by atoms with van der Waals surface area (Å²) < 4.78 is 32.2. The van der Waals surface area contributed by atoms with E-state index in [0.717, 1.165) is 12.8 Å². The molecule has 2 N–H and O–H groups in total. The third-order valence-electron chi connectivity index (χ3n) is 4.23. The normalized spacial score (nSPS) is 15.6. The molecular formula is C17H22N4O3S. The van der Waals surface area contributed by atoms with Crippen molar-refractivity contribution in [2.24, 2.45) is 0 Å². The van der Waals surface area contributed by atoms with Crippen molar-refractivity contribution in [2.75, 3.05) is 17.1 Å². The maximum Gasteiger partial charge on any atom is 0.263 e. The molecule has 0 radical (unpaired) electrons. The van der Waals surface area contributed by atoms with E-state index in [0.29, 0.717) is 17.6 Å². The topological polar surface area (TPSA) is 93.2 Å². The fourth-order valence-corrected chi connectivity index (χ4v) is 3.87. The molecule has 1 heterocycles. The lowest BCUT2D eigenvalue weighted by molar-refractivity contribution is 0.414. The standard InChI is InChI=1S/C17H22N4O3S/c1-24-14-7-9-15(10-8-14)25(22,23)21-17-12-11-16(19-20-17)18-13-5-3-2-4-6-13/h7-13H,2-6H2,1H3,(H,18,19)(H,20,21). The molecule has 134 valence electrons. The quantitative estimate of drug-likeness (QED) is 0.820. The molecule has 0 aliphatic heterocycles. The number of nitrogens with zero attached hydrogens (tertiary/aromatic N) is 2. The number of rotatable bonds is 6. The van der Waals surface area contributed by atoms with Gasteiger partial charge in [-0.15, -0.1) is 10.2 Å². The minimum Gasteiger partial charge on any atom is -0.497 e. The number of hydrogen-bond acceptors (Lipinski definition) is 6. The van der Waals surface area contributed by atoms with Crippen LogP contribution in [0.15, 0.2) is 41.3 Å². The Labute approximate surface area is 147 Å². The molecule has 1 saturated carbocycles. The predicted octanol–water partition coefficient (Wildman–Crippen LogP) is 3.03. The van der Waals surface area contributed by atoms with Gasteiger partial charge in [0.25, 0.3) is 10.0 Å². The highest BCUT2D eigenvalue weighted by Gasteiger charge is 2.16. The molecule has 1 aliphatic rings. The van der Waals surface area contributed by atoms with E-state index in [-0.39, 0.29) is 10.7 Å². The van der Waals surface area contributed by atoms with Crippen LogP contribution in [0.1, 0.15) is 32.1 Å². The van der Waals surface area contributed by atoms with E-state index in [1.165, 1.54) is 38.5 Å². The lowest BCUT2D eigenvalue weighted by atomic mass is 9.95. The summed E-state index contributed by atoms with van der Waals surface area (Å²) in [5.74, 6) is 1.45. The van der Waals surface area contributed by atoms with Crippen molar-refractivity contribution in [3.05, 3.63) is 36.4 Å². The Morgan fingerprint density at radius 2 is 1.60 bits per heavy atom.